The molecule has 0 saturated carbocycles. The third-order valence-corrected chi connectivity index (χ3v) is 4.17. The molecule has 3 nitrogen and oxygen atoms in total. The van der Waals surface area contributed by atoms with Gasteiger partial charge in [0, 0.05) is 36.3 Å². The number of halogens is 1. The van der Waals surface area contributed by atoms with Crippen molar-refractivity contribution in [3.8, 4) is 0 Å². The Morgan fingerprint density at radius 1 is 1.42 bits per heavy atom. The zero-order valence-electron chi connectivity index (χ0n) is 11.2. The SMILES string of the molecule is CN(Cc1[nH]c2ccccc2c1Cl)C[C@@H]1CCOC1. The molecule has 1 saturated heterocycles. The van der Waals surface area contributed by atoms with Gasteiger partial charge < -0.3 is 14.6 Å². The lowest BCUT2D eigenvalue weighted by Crippen LogP contribution is -2.25. The van der Waals surface area contributed by atoms with Gasteiger partial charge in [0.2, 0.25) is 0 Å². The van der Waals surface area contributed by atoms with Crippen molar-refractivity contribution in [1.82, 2.24) is 9.88 Å². The Hall–Kier alpha value is -1.03. The highest BCUT2D eigenvalue weighted by Gasteiger charge is 2.18. The van der Waals surface area contributed by atoms with Gasteiger partial charge >= 0.3 is 0 Å². The summed E-state index contributed by atoms with van der Waals surface area (Å²) in [6, 6.07) is 8.17. The third kappa shape index (κ3) is 2.78. The lowest BCUT2D eigenvalue weighted by molar-refractivity contribution is 0.172. The minimum Gasteiger partial charge on any atom is -0.381 e. The number of nitrogens with zero attached hydrogens (tertiary/aromatic N) is 1. The summed E-state index contributed by atoms with van der Waals surface area (Å²) in [6.45, 7) is 3.71. The predicted molar refractivity (Wildman–Crippen MR) is 78.6 cm³/mol. The second-order valence-corrected chi connectivity index (χ2v) is 5.77. The van der Waals surface area contributed by atoms with Gasteiger partial charge in [-0.2, -0.15) is 0 Å². The molecule has 2 heterocycles. The van der Waals surface area contributed by atoms with Gasteiger partial charge in [-0.05, 0) is 25.5 Å². The van der Waals surface area contributed by atoms with Crippen LogP contribution in [0.25, 0.3) is 10.9 Å². The molecule has 1 aliphatic heterocycles. The standard InChI is InChI=1S/C15H19ClN2O/c1-18(8-11-6-7-19-10-11)9-14-15(16)12-4-2-3-5-13(12)17-14/h2-5,11,17H,6-10H2,1H3/t11-/m0/s1. The van der Waals surface area contributed by atoms with Crippen LogP contribution in [0.4, 0.5) is 0 Å². The molecule has 0 spiro atoms. The maximum absolute atomic E-state index is 6.44. The first kappa shape index (κ1) is 13.0. The van der Waals surface area contributed by atoms with Gasteiger partial charge in [0.1, 0.15) is 0 Å². The number of H-pyrrole nitrogens is 1. The van der Waals surface area contributed by atoms with E-state index in [0.717, 1.165) is 47.9 Å². The molecular formula is C15H19ClN2O. The molecular weight excluding hydrogens is 260 g/mol. The number of hydrogen-bond acceptors (Lipinski definition) is 2. The number of aromatic nitrogens is 1. The number of fused-ring (bicyclic) bond motifs is 1. The fourth-order valence-corrected chi connectivity index (χ4v) is 3.05. The Bertz CT molecular complexity index is 560. The number of benzene rings is 1. The Morgan fingerprint density at radius 2 is 2.26 bits per heavy atom. The van der Waals surface area contributed by atoms with E-state index >= 15 is 0 Å². The summed E-state index contributed by atoms with van der Waals surface area (Å²) in [4.78, 5) is 5.73. The highest BCUT2D eigenvalue weighted by molar-refractivity contribution is 6.36. The Balaban J connectivity index is 1.71. The lowest BCUT2D eigenvalue weighted by Gasteiger charge is -2.19. The van der Waals surface area contributed by atoms with Crippen molar-refractivity contribution in [2.45, 2.75) is 13.0 Å². The van der Waals surface area contributed by atoms with Crippen molar-refractivity contribution in [2.24, 2.45) is 5.92 Å². The Kier molecular flexibility index (Phi) is 3.78. The van der Waals surface area contributed by atoms with E-state index in [4.69, 9.17) is 16.3 Å². The van der Waals surface area contributed by atoms with Gasteiger partial charge in [-0.15, -0.1) is 0 Å². The van der Waals surface area contributed by atoms with Crippen molar-refractivity contribution in [3.05, 3.63) is 35.0 Å². The van der Waals surface area contributed by atoms with Gasteiger partial charge in [0.15, 0.2) is 0 Å². The average Bonchev–Trinajstić information content (AvgIpc) is 3.00. The summed E-state index contributed by atoms with van der Waals surface area (Å²) in [5.74, 6) is 0.660. The number of hydrogen-bond donors (Lipinski definition) is 1. The van der Waals surface area contributed by atoms with E-state index in [9.17, 15) is 0 Å². The maximum atomic E-state index is 6.44. The second-order valence-electron chi connectivity index (χ2n) is 5.39. The largest absolute Gasteiger partial charge is 0.381 e. The van der Waals surface area contributed by atoms with Crippen molar-refractivity contribution in [3.63, 3.8) is 0 Å². The van der Waals surface area contributed by atoms with E-state index in [0.29, 0.717) is 5.92 Å². The van der Waals surface area contributed by atoms with Crippen LogP contribution in [0.3, 0.4) is 0 Å². The molecule has 1 aromatic carbocycles. The van der Waals surface area contributed by atoms with E-state index < -0.39 is 0 Å². The summed E-state index contributed by atoms with van der Waals surface area (Å²) < 4.78 is 5.42. The van der Waals surface area contributed by atoms with Crippen molar-refractivity contribution >= 4 is 22.5 Å². The molecule has 2 aromatic rings. The smallest absolute Gasteiger partial charge is 0.0705 e. The van der Waals surface area contributed by atoms with Crippen LogP contribution in [-0.2, 0) is 11.3 Å². The molecule has 102 valence electrons. The van der Waals surface area contributed by atoms with Crippen LogP contribution >= 0.6 is 11.6 Å². The fourth-order valence-electron chi connectivity index (χ4n) is 2.78. The molecule has 0 bridgehead atoms. The molecule has 3 rings (SSSR count). The Labute approximate surface area is 118 Å². The Morgan fingerprint density at radius 3 is 3.00 bits per heavy atom. The average molecular weight is 279 g/mol. The molecule has 1 atom stereocenters. The zero-order valence-corrected chi connectivity index (χ0v) is 11.9. The van der Waals surface area contributed by atoms with Crippen molar-refractivity contribution in [1.29, 1.82) is 0 Å². The van der Waals surface area contributed by atoms with Crippen LogP contribution in [0, 0.1) is 5.92 Å². The predicted octanol–water partition coefficient (Wildman–Crippen LogP) is 3.29. The van der Waals surface area contributed by atoms with Gasteiger partial charge in [-0.3, -0.25) is 0 Å². The first-order chi connectivity index (χ1) is 9.24. The van der Waals surface area contributed by atoms with Gasteiger partial charge in [0.25, 0.3) is 0 Å². The highest BCUT2D eigenvalue weighted by Crippen LogP contribution is 2.28. The number of para-hydroxylation sites is 1. The zero-order chi connectivity index (χ0) is 13.2. The summed E-state index contributed by atoms with van der Waals surface area (Å²) in [7, 11) is 2.14. The molecule has 1 fully saturated rings. The number of ether oxygens (including phenoxy) is 1. The monoisotopic (exact) mass is 278 g/mol. The van der Waals surface area contributed by atoms with E-state index in [1.165, 1.54) is 6.42 Å². The van der Waals surface area contributed by atoms with E-state index in [-0.39, 0.29) is 0 Å². The normalized spacial score (nSPS) is 19.6. The minimum atomic E-state index is 0.660. The summed E-state index contributed by atoms with van der Waals surface area (Å²) >= 11 is 6.44. The summed E-state index contributed by atoms with van der Waals surface area (Å²) in [5, 5.41) is 1.96. The van der Waals surface area contributed by atoms with Crippen LogP contribution in [-0.4, -0.2) is 36.7 Å². The second kappa shape index (κ2) is 5.53. The lowest BCUT2D eigenvalue weighted by atomic mass is 10.1. The van der Waals surface area contributed by atoms with E-state index in [2.05, 4.69) is 29.1 Å². The summed E-state index contributed by atoms with van der Waals surface area (Å²) in [5.41, 5.74) is 2.21. The van der Waals surface area contributed by atoms with Crippen molar-refractivity contribution in [2.75, 3.05) is 26.8 Å². The summed E-state index contributed by atoms with van der Waals surface area (Å²) in [6.07, 6.45) is 1.17. The highest BCUT2D eigenvalue weighted by atomic mass is 35.5. The van der Waals surface area contributed by atoms with E-state index in [1.807, 2.05) is 12.1 Å². The quantitative estimate of drug-likeness (QED) is 0.930. The van der Waals surface area contributed by atoms with Gasteiger partial charge in [-0.25, -0.2) is 0 Å². The fraction of sp³-hybridized carbons (Fsp3) is 0.467. The number of rotatable bonds is 4. The number of aromatic amines is 1. The van der Waals surface area contributed by atoms with Crippen molar-refractivity contribution < 1.29 is 4.74 Å². The minimum absolute atomic E-state index is 0.660. The number of nitrogens with one attached hydrogen (secondary N) is 1. The van der Waals surface area contributed by atoms with Crippen LogP contribution in [0.15, 0.2) is 24.3 Å². The molecule has 1 aromatic heterocycles. The van der Waals surface area contributed by atoms with Gasteiger partial charge in [0.05, 0.1) is 11.6 Å². The first-order valence-corrected chi connectivity index (χ1v) is 7.13. The van der Waals surface area contributed by atoms with Gasteiger partial charge in [-0.1, -0.05) is 29.8 Å². The topological polar surface area (TPSA) is 28.3 Å². The van der Waals surface area contributed by atoms with Crippen LogP contribution in [0.1, 0.15) is 12.1 Å². The molecule has 0 aliphatic carbocycles. The maximum Gasteiger partial charge on any atom is 0.0705 e. The van der Waals surface area contributed by atoms with Crippen LogP contribution in [0.2, 0.25) is 5.02 Å². The molecule has 1 aliphatic rings. The molecule has 0 radical (unpaired) electrons. The molecule has 0 unspecified atom stereocenters. The van der Waals surface area contributed by atoms with Crippen LogP contribution in [0.5, 0.6) is 0 Å². The molecule has 0 amide bonds. The van der Waals surface area contributed by atoms with E-state index in [1.54, 1.807) is 0 Å². The molecule has 19 heavy (non-hydrogen) atoms. The van der Waals surface area contributed by atoms with Crippen LogP contribution < -0.4 is 0 Å². The first-order valence-electron chi connectivity index (χ1n) is 6.75. The molecule has 4 heteroatoms. The third-order valence-electron chi connectivity index (χ3n) is 3.74. The molecule has 1 N–H and O–H groups in total.